The molecule has 0 saturated heterocycles. The Hall–Kier alpha value is -1.77. The summed E-state index contributed by atoms with van der Waals surface area (Å²) in [4.78, 5) is 10.6. The van der Waals surface area contributed by atoms with Crippen molar-refractivity contribution >= 4 is 17.3 Å². The third-order valence-electron chi connectivity index (χ3n) is 2.29. The molecule has 72 valence electrons. The first-order valence-corrected chi connectivity index (χ1v) is 4.28. The Morgan fingerprint density at radius 3 is 2.86 bits per heavy atom. The van der Waals surface area contributed by atoms with Gasteiger partial charge in [-0.15, -0.1) is 0 Å². The van der Waals surface area contributed by atoms with Crippen LogP contribution in [0, 0.1) is 6.92 Å². The zero-order chi connectivity index (χ0) is 10.1. The lowest BCUT2D eigenvalue weighted by Crippen LogP contribution is -1.81. The summed E-state index contributed by atoms with van der Waals surface area (Å²) in [6.45, 7) is 1.86. The third kappa shape index (κ3) is 1.18. The lowest BCUT2D eigenvalue weighted by molar-refractivity contribution is 0.110. The molecule has 3 heteroatoms. The standard InChI is InChI=1S/C11H10O3/c1-7-9-5-8(13-2)3-4-10(9)14-11(7)6-12/h3-6H,1-2H3. The Morgan fingerprint density at radius 1 is 1.43 bits per heavy atom. The van der Waals surface area contributed by atoms with Crippen molar-refractivity contribution in [2.24, 2.45) is 0 Å². The monoisotopic (exact) mass is 190 g/mol. The van der Waals surface area contributed by atoms with Crippen molar-refractivity contribution in [3.8, 4) is 5.75 Å². The third-order valence-corrected chi connectivity index (χ3v) is 2.29. The summed E-state index contributed by atoms with van der Waals surface area (Å²) >= 11 is 0. The zero-order valence-electron chi connectivity index (χ0n) is 8.03. The van der Waals surface area contributed by atoms with Crippen molar-refractivity contribution in [3.05, 3.63) is 29.5 Å². The Morgan fingerprint density at radius 2 is 2.21 bits per heavy atom. The molecule has 0 aliphatic heterocycles. The van der Waals surface area contributed by atoms with Gasteiger partial charge in [0.1, 0.15) is 11.3 Å². The average Bonchev–Trinajstić information content (AvgIpc) is 2.55. The van der Waals surface area contributed by atoms with E-state index in [1.807, 2.05) is 13.0 Å². The van der Waals surface area contributed by atoms with E-state index in [1.165, 1.54) is 0 Å². The molecule has 0 aliphatic carbocycles. The van der Waals surface area contributed by atoms with E-state index in [1.54, 1.807) is 19.2 Å². The first-order valence-electron chi connectivity index (χ1n) is 4.28. The number of methoxy groups -OCH3 is 1. The zero-order valence-corrected chi connectivity index (χ0v) is 8.03. The van der Waals surface area contributed by atoms with Crippen LogP contribution in [0.4, 0.5) is 0 Å². The molecule has 0 spiro atoms. The average molecular weight is 190 g/mol. The molecule has 0 bridgehead atoms. The fourth-order valence-electron chi connectivity index (χ4n) is 1.46. The number of furan rings is 1. The molecule has 1 aromatic carbocycles. The second kappa shape index (κ2) is 3.18. The molecule has 0 unspecified atom stereocenters. The van der Waals surface area contributed by atoms with Crippen LogP contribution in [0.25, 0.3) is 11.0 Å². The van der Waals surface area contributed by atoms with Crippen molar-refractivity contribution in [1.29, 1.82) is 0 Å². The number of ether oxygens (including phenoxy) is 1. The minimum Gasteiger partial charge on any atom is -0.497 e. The van der Waals surface area contributed by atoms with E-state index in [0.717, 1.165) is 23.0 Å². The number of hydrogen-bond acceptors (Lipinski definition) is 3. The van der Waals surface area contributed by atoms with Gasteiger partial charge < -0.3 is 9.15 Å². The van der Waals surface area contributed by atoms with E-state index in [9.17, 15) is 4.79 Å². The number of rotatable bonds is 2. The van der Waals surface area contributed by atoms with Gasteiger partial charge in [-0.1, -0.05) is 0 Å². The highest BCUT2D eigenvalue weighted by molar-refractivity contribution is 5.90. The van der Waals surface area contributed by atoms with Gasteiger partial charge in [0.15, 0.2) is 12.0 Å². The maximum Gasteiger partial charge on any atom is 0.185 e. The van der Waals surface area contributed by atoms with Crippen LogP contribution in [0.5, 0.6) is 5.75 Å². The Bertz CT molecular complexity index is 482. The van der Waals surface area contributed by atoms with Gasteiger partial charge in [-0.3, -0.25) is 4.79 Å². The van der Waals surface area contributed by atoms with Crippen molar-refractivity contribution in [2.75, 3.05) is 7.11 Å². The predicted octanol–water partition coefficient (Wildman–Crippen LogP) is 2.56. The number of benzene rings is 1. The Labute approximate surface area is 81.3 Å². The van der Waals surface area contributed by atoms with Crippen LogP contribution in [0.3, 0.4) is 0 Å². The number of hydrogen-bond donors (Lipinski definition) is 0. The van der Waals surface area contributed by atoms with Crippen LogP contribution in [0.2, 0.25) is 0 Å². The second-order valence-electron chi connectivity index (χ2n) is 3.07. The van der Waals surface area contributed by atoms with Crippen LogP contribution in [-0.4, -0.2) is 13.4 Å². The molecule has 2 rings (SSSR count). The summed E-state index contributed by atoms with van der Waals surface area (Å²) < 4.78 is 10.4. The molecule has 1 heterocycles. The number of fused-ring (bicyclic) bond motifs is 1. The van der Waals surface area contributed by atoms with E-state index in [0.29, 0.717) is 11.3 Å². The molecule has 3 nitrogen and oxygen atoms in total. The summed E-state index contributed by atoms with van der Waals surface area (Å²) in [6, 6.07) is 5.47. The largest absolute Gasteiger partial charge is 0.497 e. The van der Waals surface area contributed by atoms with E-state index in [-0.39, 0.29) is 0 Å². The minimum atomic E-state index is 0.383. The van der Waals surface area contributed by atoms with Crippen LogP contribution in [0.15, 0.2) is 22.6 Å². The first-order chi connectivity index (χ1) is 6.76. The molecule has 0 amide bonds. The van der Waals surface area contributed by atoms with Crippen LogP contribution < -0.4 is 4.74 Å². The summed E-state index contributed by atoms with van der Waals surface area (Å²) in [5, 5.41) is 0.923. The topological polar surface area (TPSA) is 39.4 Å². The van der Waals surface area contributed by atoms with Crippen molar-refractivity contribution < 1.29 is 13.9 Å². The van der Waals surface area contributed by atoms with Gasteiger partial charge in [-0.25, -0.2) is 0 Å². The molecule has 14 heavy (non-hydrogen) atoms. The normalized spacial score (nSPS) is 10.4. The van der Waals surface area contributed by atoms with Crippen LogP contribution in [-0.2, 0) is 0 Å². The van der Waals surface area contributed by atoms with Gasteiger partial charge in [0.25, 0.3) is 0 Å². The van der Waals surface area contributed by atoms with E-state index >= 15 is 0 Å². The summed E-state index contributed by atoms with van der Waals surface area (Å²) in [7, 11) is 1.61. The van der Waals surface area contributed by atoms with E-state index < -0.39 is 0 Å². The molecule has 2 aromatic rings. The second-order valence-corrected chi connectivity index (χ2v) is 3.07. The van der Waals surface area contributed by atoms with Crippen molar-refractivity contribution in [3.63, 3.8) is 0 Å². The lowest BCUT2D eigenvalue weighted by Gasteiger charge is -1.97. The number of carbonyl (C=O) groups excluding carboxylic acids is 1. The fraction of sp³-hybridized carbons (Fsp3) is 0.182. The summed E-state index contributed by atoms with van der Waals surface area (Å²) in [5.74, 6) is 1.15. The van der Waals surface area contributed by atoms with Crippen LogP contribution in [0.1, 0.15) is 16.1 Å². The predicted molar refractivity (Wildman–Crippen MR) is 52.9 cm³/mol. The van der Waals surface area contributed by atoms with Crippen LogP contribution >= 0.6 is 0 Å². The highest BCUT2D eigenvalue weighted by Crippen LogP contribution is 2.27. The van der Waals surface area contributed by atoms with Gasteiger partial charge in [0.2, 0.25) is 0 Å². The number of aldehydes is 1. The lowest BCUT2D eigenvalue weighted by atomic mass is 10.1. The molecule has 0 saturated carbocycles. The molecule has 0 atom stereocenters. The number of aryl methyl sites for hydroxylation is 1. The molecular weight excluding hydrogens is 180 g/mol. The molecule has 0 radical (unpaired) electrons. The summed E-state index contributed by atoms with van der Waals surface area (Å²) in [5.41, 5.74) is 1.57. The molecule has 0 aliphatic rings. The minimum absolute atomic E-state index is 0.383. The van der Waals surface area contributed by atoms with Crippen molar-refractivity contribution in [2.45, 2.75) is 6.92 Å². The fourth-order valence-corrected chi connectivity index (χ4v) is 1.46. The Balaban J connectivity index is 2.74. The van der Waals surface area contributed by atoms with Gasteiger partial charge in [0, 0.05) is 10.9 Å². The quantitative estimate of drug-likeness (QED) is 0.683. The van der Waals surface area contributed by atoms with Gasteiger partial charge in [-0.05, 0) is 25.1 Å². The van der Waals surface area contributed by atoms with E-state index in [2.05, 4.69) is 0 Å². The number of carbonyl (C=O) groups is 1. The van der Waals surface area contributed by atoms with Gasteiger partial charge >= 0.3 is 0 Å². The van der Waals surface area contributed by atoms with Gasteiger partial charge in [0.05, 0.1) is 7.11 Å². The molecule has 1 aromatic heterocycles. The highest BCUT2D eigenvalue weighted by atomic mass is 16.5. The smallest absolute Gasteiger partial charge is 0.185 e. The molecule has 0 N–H and O–H groups in total. The first kappa shape index (κ1) is 8.81. The van der Waals surface area contributed by atoms with E-state index in [4.69, 9.17) is 9.15 Å². The highest BCUT2D eigenvalue weighted by Gasteiger charge is 2.09. The summed E-state index contributed by atoms with van der Waals surface area (Å²) in [6.07, 6.45) is 0.724. The maximum atomic E-state index is 10.6. The Kier molecular flexibility index (Phi) is 2.00. The van der Waals surface area contributed by atoms with Gasteiger partial charge in [-0.2, -0.15) is 0 Å². The maximum absolute atomic E-state index is 10.6. The molecular formula is C11H10O3. The SMILES string of the molecule is COc1ccc2oc(C=O)c(C)c2c1. The van der Waals surface area contributed by atoms with Crippen molar-refractivity contribution in [1.82, 2.24) is 0 Å². The molecule has 0 fully saturated rings.